The van der Waals surface area contributed by atoms with Crippen LogP contribution in [0.1, 0.15) is 24.1 Å². The van der Waals surface area contributed by atoms with Crippen molar-refractivity contribution in [3.05, 3.63) is 91.0 Å². The van der Waals surface area contributed by atoms with E-state index in [2.05, 4.69) is 45.6 Å². The lowest BCUT2D eigenvalue weighted by molar-refractivity contribution is -0.115. The van der Waals surface area contributed by atoms with Crippen LogP contribution in [-0.4, -0.2) is 60.0 Å². The summed E-state index contributed by atoms with van der Waals surface area (Å²) in [6, 6.07) is 8.04. The molecule has 3 N–H and O–H groups in total. The Kier molecular flexibility index (Phi) is 8.37. The number of nitrogens with one attached hydrogen (secondary N) is 3. The van der Waals surface area contributed by atoms with Gasteiger partial charge in [0.15, 0.2) is 0 Å². The number of benzene rings is 1. The molecule has 2 heterocycles. The number of piperazine rings is 1. The summed E-state index contributed by atoms with van der Waals surface area (Å²) in [5, 5.41) is 8.77. The fourth-order valence-electron chi connectivity index (χ4n) is 4.43. The maximum absolute atomic E-state index is 11.8. The van der Waals surface area contributed by atoms with Gasteiger partial charge in [0, 0.05) is 62.1 Å². The fourth-order valence-corrected chi connectivity index (χ4v) is 4.43. The van der Waals surface area contributed by atoms with Crippen molar-refractivity contribution in [2.24, 2.45) is 0 Å². The van der Waals surface area contributed by atoms with E-state index in [4.69, 9.17) is 4.98 Å². The van der Waals surface area contributed by atoms with Gasteiger partial charge in [-0.25, -0.2) is 14.8 Å². The maximum Gasteiger partial charge on any atom is 0.317 e. The van der Waals surface area contributed by atoms with Crippen LogP contribution < -0.4 is 20.9 Å². The SMILES string of the molecule is C=CC(=O)NC1=CCCC(C(=C)c2nc(Nc3ccc(N4CCN(C(=O)NC)CC4)cc3)ncc2C=C)=C1. The summed E-state index contributed by atoms with van der Waals surface area (Å²) in [5.41, 5.74) is 5.88. The van der Waals surface area contributed by atoms with Crippen LogP contribution in [0.4, 0.5) is 22.1 Å². The highest BCUT2D eigenvalue weighted by molar-refractivity contribution is 5.89. The molecule has 9 nitrogen and oxygen atoms in total. The van der Waals surface area contributed by atoms with Gasteiger partial charge in [-0.3, -0.25) is 4.79 Å². The summed E-state index contributed by atoms with van der Waals surface area (Å²) in [6.07, 6.45) is 10.1. The average Bonchev–Trinajstić information content (AvgIpc) is 2.97. The largest absolute Gasteiger partial charge is 0.368 e. The molecule has 0 bridgehead atoms. The van der Waals surface area contributed by atoms with E-state index in [-0.39, 0.29) is 11.9 Å². The molecule has 0 radical (unpaired) electrons. The normalized spacial score (nSPS) is 15.1. The van der Waals surface area contributed by atoms with Gasteiger partial charge >= 0.3 is 6.03 Å². The van der Waals surface area contributed by atoms with Crippen LogP contribution >= 0.6 is 0 Å². The fraction of sp³-hybridized carbons (Fsp3) is 0.241. The maximum atomic E-state index is 11.8. The molecule has 4 rings (SSSR count). The van der Waals surface area contributed by atoms with Gasteiger partial charge in [0.1, 0.15) is 0 Å². The van der Waals surface area contributed by atoms with E-state index in [1.165, 1.54) is 6.08 Å². The van der Waals surface area contributed by atoms with Gasteiger partial charge in [-0.1, -0.05) is 31.9 Å². The molecule has 1 aromatic carbocycles. The molecule has 38 heavy (non-hydrogen) atoms. The van der Waals surface area contributed by atoms with Gasteiger partial charge in [-0.2, -0.15) is 0 Å². The van der Waals surface area contributed by atoms with Gasteiger partial charge in [-0.15, -0.1) is 0 Å². The van der Waals surface area contributed by atoms with Gasteiger partial charge in [0.05, 0.1) is 5.69 Å². The summed E-state index contributed by atoms with van der Waals surface area (Å²) < 4.78 is 0. The van der Waals surface area contributed by atoms with Gasteiger partial charge in [0.25, 0.3) is 0 Å². The lowest BCUT2D eigenvalue weighted by Gasteiger charge is -2.35. The predicted molar refractivity (Wildman–Crippen MR) is 153 cm³/mol. The van der Waals surface area contributed by atoms with Crippen LogP contribution in [0.25, 0.3) is 11.6 Å². The van der Waals surface area contributed by atoms with Crippen LogP contribution in [0.3, 0.4) is 0 Å². The first kappa shape index (κ1) is 26.4. The molecule has 1 fully saturated rings. The Morgan fingerprint density at radius 1 is 1.08 bits per heavy atom. The third kappa shape index (κ3) is 6.18. The van der Waals surface area contributed by atoms with Crippen LogP contribution in [0.2, 0.25) is 0 Å². The second-order valence-corrected chi connectivity index (χ2v) is 8.94. The lowest BCUT2D eigenvalue weighted by atomic mass is 9.93. The smallest absolute Gasteiger partial charge is 0.317 e. The Morgan fingerprint density at radius 3 is 2.47 bits per heavy atom. The molecular weight excluding hydrogens is 478 g/mol. The summed E-state index contributed by atoms with van der Waals surface area (Å²) in [5.74, 6) is 0.197. The second-order valence-electron chi connectivity index (χ2n) is 8.94. The van der Waals surface area contributed by atoms with Crippen molar-refractivity contribution >= 4 is 40.9 Å². The molecule has 0 saturated carbocycles. The number of rotatable bonds is 8. The zero-order valence-electron chi connectivity index (χ0n) is 21.7. The van der Waals surface area contributed by atoms with Crippen LogP contribution in [-0.2, 0) is 4.79 Å². The zero-order valence-corrected chi connectivity index (χ0v) is 21.7. The number of carbonyl (C=O) groups is 2. The van der Waals surface area contributed by atoms with Gasteiger partial charge in [0.2, 0.25) is 11.9 Å². The Morgan fingerprint density at radius 2 is 1.82 bits per heavy atom. The molecule has 0 spiro atoms. The van der Waals surface area contributed by atoms with E-state index in [0.29, 0.717) is 24.7 Å². The molecular formula is C29H33N7O2. The Balaban J connectivity index is 1.46. The van der Waals surface area contributed by atoms with Gasteiger partial charge in [-0.05, 0) is 60.4 Å². The number of hydrogen-bond acceptors (Lipinski definition) is 6. The highest BCUT2D eigenvalue weighted by atomic mass is 16.2. The molecule has 1 aromatic heterocycles. The predicted octanol–water partition coefficient (Wildman–Crippen LogP) is 4.24. The summed E-state index contributed by atoms with van der Waals surface area (Å²) in [4.78, 5) is 36.8. The van der Waals surface area contributed by atoms with Crippen LogP contribution in [0.15, 0.2) is 79.7 Å². The topological polar surface area (TPSA) is 102 Å². The Labute approximate surface area is 223 Å². The van der Waals surface area contributed by atoms with Crippen molar-refractivity contribution in [3.8, 4) is 0 Å². The number of amides is 3. The van der Waals surface area contributed by atoms with E-state index >= 15 is 0 Å². The molecule has 196 valence electrons. The average molecular weight is 512 g/mol. The van der Waals surface area contributed by atoms with Crippen molar-refractivity contribution in [1.29, 1.82) is 0 Å². The number of urea groups is 1. The lowest BCUT2D eigenvalue weighted by Crippen LogP contribution is -2.51. The second kappa shape index (κ2) is 12.1. The number of hydrogen-bond donors (Lipinski definition) is 3. The third-order valence-corrected chi connectivity index (χ3v) is 6.54. The van der Waals surface area contributed by atoms with Crippen LogP contribution in [0.5, 0.6) is 0 Å². The number of nitrogens with zero attached hydrogens (tertiary/aromatic N) is 4. The number of allylic oxidation sites excluding steroid dienone is 4. The van der Waals surface area contributed by atoms with Gasteiger partial charge < -0.3 is 25.8 Å². The van der Waals surface area contributed by atoms with Crippen molar-refractivity contribution in [2.75, 3.05) is 43.4 Å². The van der Waals surface area contributed by atoms with E-state index in [9.17, 15) is 9.59 Å². The number of aromatic nitrogens is 2. The standard InChI is InChI=1S/C29H33N7O2/c1-5-21-19-31-28(34-27(21)20(3)22-8-7-9-24(18-22)32-26(37)6-2)33-23-10-12-25(13-11-23)35-14-16-36(17-15-35)29(38)30-4/h5-6,9-13,18-19H,1-3,7-8,14-17H2,4H3,(H,30,38)(H,32,37)(H,31,33,34). The number of carbonyl (C=O) groups excluding carboxylic acids is 2. The van der Waals surface area contributed by atoms with Crippen molar-refractivity contribution in [1.82, 2.24) is 25.5 Å². The molecule has 9 heteroatoms. The summed E-state index contributed by atoms with van der Waals surface area (Å²) in [6.45, 7) is 14.6. The van der Waals surface area contributed by atoms with Crippen LogP contribution in [0, 0.1) is 0 Å². The molecule has 0 unspecified atom stereocenters. The first-order chi connectivity index (χ1) is 18.4. The van der Waals surface area contributed by atoms with E-state index in [1.54, 1.807) is 19.3 Å². The highest BCUT2D eigenvalue weighted by Gasteiger charge is 2.20. The molecule has 2 aromatic rings. The first-order valence-corrected chi connectivity index (χ1v) is 12.5. The minimum Gasteiger partial charge on any atom is -0.368 e. The van der Waals surface area contributed by atoms with Crippen molar-refractivity contribution < 1.29 is 9.59 Å². The molecule has 1 aliphatic carbocycles. The Bertz CT molecular complexity index is 1300. The zero-order chi connectivity index (χ0) is 27.1. The van der Waals surface area contributed by atoms with Crippen molar-refractivity contribution in [2.45, 2.75) is 12.8 Å². The first-order valence-electron chi connectivity index (χ1n) is 12.5. The summed E-state index contributed by atoms with van der Waals surface area (Å²) in [7, 11) is 1.65. The third-order valence-electron chi connectivity index (χ3n) is 6.54. The minimum atomic E-state index is -0.253. The van der Waals surface area contributed by atoms with Crippen molar-refractivity contribution in [3.63, 3.8) is 0 Å². The number of anilines is 3. The molecule has 0 atom stereocenters. The van der Waals surface area contributed by atoms with E-state index < -0.39 is 0 Å². The molecule has 1 aliphatic heterocycles. The molecule has 1 saturated heterocycles. The Hall–Kier alpha value is -4.66. The summed E-state index contributed by atoms with van der Waals surface area (Å²) >= 11 is 0. The minimum absolute atomic E-state index is 0.0372. The monoisotopic (exact) mass is 511 g/mol. The van der Waals surface area contributed by atoms with E-state index in [0.717, 1.165) is 59.7 Å². The highest BCUT2D eigenvalue weighted by Crippen LogP contribution is 2.31. The quantitative estimate of drug-likeness (QED) is 0.458. The van der Waals surface area contributed by atoms with E-state index in [1.807, 2.05) is 41.3 Å². The molecule has 2 aliphatic rings. The molecule has 3 amide bonds.